The van der Waals surface area contributed by atoms with E-state index in [-0.39, 0.29) is 10.6 Å². The molecule has 1 heterocycles. The number of benzene rings is 1. The average Bonchev–Trinajstić information content (AvgIpc) is 2.45. The fourth-order valence-electron chi connectivity index (χ4n) is 1.57. The summed E-state index contributed by atoms with van der Waals surface area (Å²) in [6.07, 6.45) is 3.39. The van der Waals surface area contributed by atoms with E-state index < -0.39 is 0 Å². The highest BCUT2D eigenvalue weighted by molar-refractivity contribution is 7.98. The fourth-order valence-corrected chi connectivity index (χ4v) is 1.95. The molecule has 0 amide bonds. The number of thioether (sulfide) groups is 1. The Labute approximate surface area is 114 Å². The van der Waals surface area contributed by atoms with Gasteiger partial charge in [-0.15, -0.1) is 11.8 Å². The molecule has 0 bridgehead atoms. The first kappa shape index (κ1) is 13.3. The number of rotatable bonds is 5. The quantitative estimate of drug-likeness (QED) is 0.391. The molecular weight excluding hydrogens is 264 g/mol. The zero-order chi connectivity index (χ0) is 13.7. The summed E-state index contributed by atoms with van der Waals surface area (Å²) in [7, 11) is 0. The minimum Gasteiger partial charge on any atom is -0.366 e. The van der Waals surface area contributed by atoms with Crippen molar-refractivity contribution in [3.05, 3.63) is 52.3 Å². The van der Waals surface area contributed by atoms with Crippen LogP contribution in [0, 0.1) is 10.1 Å². The Balaban J connectivity index is 2.12. The van der Waals surface area contributed by atoms with Gasteiger partial charge in [-0.05, 0) is 6.26 Å². The van der Waals surface area contributed by atoms with Crippen molar-refractivity contribution in [3.8, 4) is 0 Å². The lowest BCUT2D eigenvalue weighted by Gasteiger charge is -2.06. The van der Waals surface area contributed by atoms with Crippen LogP contribution in [0.2, 0.25) is 0 Å². The molecule has 1 N–H and O–H groups in total. The van der Waals surface area contributed by atoms with E-state index in [9.17, 15) is 10.1 Å². The molecule has 0 aliphatic carbocycles. The number of nitrogens with zero attached hydrogens (tertiary/aromatic N) is 3. The van der Waals surface area contributed by atoms with Crippen LogP contribution >= 0.6 is 11.8 Å². The Hall–Kier alpha value is -2.15. The largest absolute Gasteiger partial charge is 0.366 e. The van der Waals surface area contributed by atoms with Gasteiger partial charge in [0.25, 0.3) is 5.69 Å². The molecule has 0 saturated heterocycles. The maximum absolute atomic E-state index is 10.9. The zero-order valence-corrected chi connectivity index (χ0v) is 11.1. The van der Waals surface area contributed by atoms with Gasteiger partial charge in [0, 0.05) is 24.2 Å². The molecule has 98 valence electrons. The average molecular weight is 276 g/mol. The standard InChI is InChI=1S/C12H12N4O2S/c1-19-12-6-11(14-8-15-12)13-7-9-4-2-3-5-10(9)16(17)18/h2-6,8H,7H2,1H3,(H,13,14,15). The highest BCUT2D eigenvalue weighted by Gasteiger charge is 2.11. The zero-order valence-electron chi connectivity index (χ0n) is 10.2. The summed E-state index contributed by atoms with van der Waals surface area (Å²) < 4.78 is 0. The molecule has 7 heteroatoms. The number of aromatic nitrogens is 2. The summed E-state index contributed by atoms with van der Waals surface area (Å²) in [6.45, 7) is 0.349. The SMILES string of the molecule is CSc1cc(NCc2ccccc2[N+](=O)[O-])ncn1. The van der Waals surface area contributed by atoms with Crippen molar-refractivity contribution in [1.29, 1.82) is 0 Å². The molecule has 2 aromatic rings. The summed E-state index contributed by atoms with van der Waals surface area (Å²) in [5, 5.41) is 14.8. The van der Waals surface area contributed by atoms with Crippen molar-refractivity contribution >= 4 is 23.3 Å². The van der Waals surface area contributed by atoms with Gasteiger partial charge in [0.15, 0.2) is 0 Å². The minimum atomic E-state index is -0.385. The van der Waals surface area contributed by atoms with Crippen LogP contribution in [0.1, 0.15) is 5.56 Å². The molecule has 19 heavy (non-hydrogen) atoms. The van der Waals surface area contributed by atoms with E-state index in [4.69, 9.17) is 0 Å². The number of nitro groups is 1. The number of nitrogens with one attached hydrogen (secondary N) is 1. The second kappa shape index (κ2) is 6.14. The van der Waals surface area contributed by atoms with Crippen LogP contribution in [0.25, 0.3) is 0 Å². The molecule has 0 saturated carbocycles. The predicted molar refractivity (Wildman–Crippen MR) is 74.2 cm³/mol. The molecule has 6 nitrogen and oxygen atoms in total. The molecular formula is C12H12N4O2S. The molecule has 1 aromatic heterocycles. The fraction of sp³-hybridized carbons (Fsp3) is 0.167. The number of hydrogen-bond acceptors (Lipinski definition) is 6. The topological polar surface area (TPSA) is 81.0 Å². The van der Waals surface area contributed by atoms with Gasteiger partial charge in [-0.3, -0.25) is 10.1 Å². The second-order valence-corrected chi connectivity index (χ2v) is 4.51. The van der Waals surface area contributed by atoms with E-state index in [2.05, 4.69) is 15.3 Å². The van der Waals surface area contributed by atoms with Crippen molar-refractivity contribution < 1.29 is 4.92 Å². The smallest absolute Gasteiger partial charge is 0.274 e. The Morgan fingerprint density at radius 3 is 2.89 bits per heavy atom. The van der Waals surface area contributed by atoms with Gasteiger partial charge in [-0.2, -0.15) is 0 Å². The van der Waals surface area contributed by atoms with Crippen molar-refractivity contribution in [3.63, 3.8) is 0 Å². The summed E-state index contributed by atoms with van der Waals surface area (Å²) in [5.74, 6) is 0.650. The van der Waals surface area contributed by atoms with Crippen LogP contribution < -0.4 is 5.32 Å². The van der Waals surface area contributed by atoms with Gasteiger partial charge in [0.05, 0.1) is 4.92 Å². The third-order valence-corrected chi connectivity index (χ3v) is 3.14. The third kappa shape index (κ3) is 3.41. The van der Waals surface area contributed by atoms with E-state index >= 15 is 0 Å². The molecule has 0 radical (unpaired) electrons. The number of hydrogen-bond donors (Lipinski definition) is 1. The number of para-hydroxylation sites is 1. The van der Waals surface area contributed by atoms with Crippen LogP contribution in [0.3, 0.4) is 0 Å². The van der Waals surface area contributed by atoms with Crippen LogP contribution in [-0.4, -0.2) is 21.1 Å². The van der Waals surface area contributed by atoms with Gasteiger partial charge in [0.1, 0.15) is 17.2 Å². The highest BCUT2D eigenvalue weighted by atomic mass is 32.2. The first-order valence-corrected chi connectivity index (χ1v) is 6.75. The molecule has 2 rings (SSSR count). The van der Waals surface area contributed by atoms with E-state index in [1.807, 2.05) is 6.26 Å². The lowest BCUT2D eigenvalue weighted by Crippen LogP contribution is -2.04. The molecule has 0 aliphatic rings. The summed E-state index contributed by atoms with van der Waals surface area (Å²) in [4.78, 5) is 18.6. The minimum absolute atomic E-state index is 0.106. The molecule has 0 atom stereocenters. The van der Waals surface area contributed by atoms with Crippen LogP contribution in [-0.2, 0) is 6.54 Å². The van der Waals surface area contributed by atoms with E-state index in [0.29, 0.717) is 17.9 Å². The van der Waals surface area contributed by atoms with Gasteiger partial charge < -0.3 is 5.32 Å². The Bertz CT molecular complexity index is 591. The van der Waals surface area contributed by atoms with Gasteiger partial charge in [-0.1, -0.05) is 18.2 Å². The van der Waals surface area contributed by atoms with Crippen molar-refractivity contribution in [2.75, 3.05) is 11.6 Å². The third-order valence-electron chi connectivity index (χ3n) is 2.50. The van der Waals surface area contributed by atoms with Gasteiger partial charge in [0.2, 0.25) is 0 Å². The van der Waals surface area contributed by atoms with Crippen LogP contribution in [0.15, 0.2) is 41.7 Å². The maximum atomic E-state index is 10.9. The van der Waals surface area contributed by atoms with Crippen molar-refractivity contribution in [2.24, 2.45) is 0 Å². The number of nitro benzene ring substituents is 1. The Kier molecular flexibility index (Phi) is 4.30. The number of anilines is 1. The molecule has 1 aromatic carbocycles. The molecule has 0 fully saturated rings. The summed E-state index contributed by atoms with van der Waals surface area (Å²) in [6, 6.07) is 8.45. The summed E-state index contributed by atoms with van der Waals surface area (Å²) in [5.41, 5.74) is 0.728. The summed E-state index contributed by atoms with van der Waals surface area (Å²) >= 11 is 1.51. The maximum Gasteiger partial charge on any atom is 0.274 e. The normalized spacial score (nSPS) is 10.2. The first-order chi connectivity index (χ1) is 9.20. The second-order valence-electron chi connectivity index (χ2n) is 3.68. The van der Waals surface area contributed by atoms with E-state index in [0.717, 1.165) is 5.03 Å². The van der Waals surface area contributed by atoms with Gasteiger partial charge in [-0.25, -0.2) is 9.97 Å². The highest BCUT2D eigenvalue weighted by Crippen LogP contribution is 2.19. The van der Waals surface area contributed by atoms with E-state index in [1.54, 1.807) is 24.3 Å². The van der Waals surface area contributed by atoms with Crippen molar-refractivity contribution in [2.45, 2.75) is 11.6 Å². The van der Waals surface area contributed by atoms with E-state index in [1.165, 1.54) is 24.2 Å². The lowest BCUT2D eigenvalue weighted by atomic mass is 10.2. The Morgan fingerprint density at radius 1 is 1.37 bits per heavy atom. The lowest BCUT2D eigenvalue weighted by molar-refractivity contribution is -0.385. The molecule has 0 unspecified atom stereocenters. The Morgan fingerprint density at radius 2 is 2.16 bits per heavy atom. The monoisotopic (exact) mass is 276 g/mol. The van der Waals surface area contributed by atoms with Crippen LogP contribution in [0.5, 0.6) is 0 Å². The predicted octanol–water partition coefficient (Wildman–Crippen LogP) is 2.72. The van der Waals surface area contributed by atoms with Crippen molar-refractivity contribution in [1.82, 2.24) is 9.97 Å². The molecule has 0 spiro atoms. The molecule has 0 aliphatic heterocycles. The van der Waals surface area contributed by atoms with Crippen LogP contribution in [0.4, 0.5) is 11.5 Å². The first-order valence-electron chi connectivity index (χ1n) is 5.53. The van der Waals surface area contributed by atoms with Gasteiger partial charge >= 0.3 is 0 Å².